The standard InChI is InChI=1S/C21H29FN2O3/c1-2-27-20(25)15-3-6-17(7-4-15)23-11-9-21(10-12-23)14-24(26)19-8-5-16(22)13-18(19)21/h5,8,13,15,17,24H,2-4,6-7,9-12,14H2,1H3. The van der Waals surface area contributed by atoms with Gasteiger partial charge >= 0.3 is 5.97 Å². The van der Waals surface area contributed by atoms with Gasteiger partial charge in [-0.15, -0.1) is 0 Å². The minimum atomic E-state index is -0.248. The molecule has 1 aliphatic carbocycles. The lowest BCUT2D eigenvalue weighted by Crippen LogP contribution is -3.01. The Labute approximate surface area is 160 Å². The summed E-state index contributed by atoms with van der Waals surface area (Å²) < 4.78 is 19.0. The number of carbonyl (C=O) groups is 1. The highest BCUT2D eigenvalue weighted by molar-refractivity contribution is 5.72. The minimum absolute atomic E-state index is 0.0448. The number of carbonyl (C=O) groups excluding carboxylic acids is 1. The molecular formula is C21H29FN2O3. The Morgan fingerprint density at radius 1 is 1.30 bits per heavy atom. The van der Waals surface area contributed by atoms with Crippen LogP contribution < -0.4 is 5.06 Å². The van der Waals surface area contributed by atoms with Crippen LogP contribution in [0.1, 0.15) is 51.0 Å². The van der Waals surface area contributed by atoms with Gasteiger partial charge in [0.05, 0.1) is 24.5 Å². The van der Waals surface area contributed by atoms with Crippen LogP contribution in [0.4, 0.5) is 10.1 Å². The summed E-state index contributed by atoms with van der Waals surface area (Å²) >= 11 is 0. The van der Waals surface area contributed by atoms with Gasteiger partial charge in [0.15, 0.2) is 0 Å². The average Bonchev–Trinajstić information content (AvgIpc) is 2.94. The summed E-state index contributed by atoms with van der Waals surface area (Å²) in [7, 11) is 0. The van der Waals surface area contributed by atoms with Crippen molar-refractivity contribution < 1.29 is 19.0 Å². The Hall–Kier alpha value is -1.50. The van der Waals surface area contributed by atoms with E-state index < -0.39 is 0 Å². The summed E-state index contributed by atoms with van der Waals surface area (Å²) in [6.45, 7) is 4.71. The number of likely N-dealkylation sites (tertiary alicyclic amines) is 1. The Bertz CT molecular complexity index is 695. The van der Waals surface area contributed by atoms with Crippen molar-refractivity contribution in [2.24, 2.45) is 5.92 Å². The van der Waals surface area contributed by atoms with E-state index in [4.69, 9.17) is 4.74 Å². The molecule has 1 aromatic carbocycles. The van der Waals surface area contributed by atoms with E-state index in [2.05, 4.69) is 4.90 Å². The van der Waals surface area contributed by atoms with Crippen LogP contribution in [0.25, 0.3) is 0 Å². The second-order valence-corrected chi connectivity index (χ2v) is 8.36. The Kier molecular flexibility index (Phi) is 5.23. The summed E-state index contributed by atoms with van der Waals surface area (Å²) in [6, 6.07) is 5.15. The van der Waals surface area contributed by atoms with E-state index in [1.54, 1.807) is 12.1 Å². The maximum atomic E-state index is 13.8. The topological polar surface area (TPSA) is 57.0 Å². The summed E-state index contributed by atoms with van der Waals surface area (Å²) in [5.74, 6) is -0.237. The normalized spacial score (nSPS) is 30.3. The zero-order valence-corrected chi connectivity index (χ0v) is 16.0. The number of hydrogen-bond acceptors (Lipinski definition) is 4. The van der Waals surface area contributed by atoms with Gasteiger partial charge in [-0.25, -0.2) is 4.39 Å². The zero-order chi connectivity index (χ0) is 19.0. The summed E-state index contributed by atoms with van der Waals surface area (Å²) in [4.78, 5) is 14.4. The monoisotopic (exact) mass is 376 g/mol. The van der Waals surface area contributed by atoms with E-state index in [1.165, 1.54) is 6.07 Å². The molecule has 27 heavy (non-hydrogen) atoms. The second kappa shape index (κ2) is 7.49. The molecule has 3 aliphatic rings. The molecule has 0 bridgehead atoms. The van der Waals surface area contributed by atoms with Crippen LogP contribution in [0.5, 0.6) is 0 Å². The summed E-state index contributed by atoms with van der Waals surface area (Å²) in [5, 5.41) is 12.6. The largest absolute Gasteiger partial charge is 0.629 e. The number of benzene rings is 1. The first-order valence-corrected chi connectivity index (χ1v) is 10.3. The molecule has 2 aliphatic heterocycles. The number of nitrogens with one attached hydrogen (secondary N) is 1. The van der Waals surface area contributed by atoms with Gasteiger partial charge in [0, 0.05) is 17.7 Å². The fraction of sp³-hybridized carbons (Fsp3) is 0.667. The van der Waals surface area contributed by atoms with Crippen LogP contribution in [0.2, 0.25) is 0 Å². The second-order valence-electron chi connectivity index (χ2n) is 8.36. The van der Waals surface area contributed by atoms with E-state index in [0.717, 1.165) is 62.9 Å². The van der Waals surface area contributed by atoms with E-state index in [-0.39, 0.29) is 28.2 Å². The van der Waals surface area contributed by atoms with Crippen molar-refractivity contribution in [3.05, 3.63) is 34.8 Å². The van der Waals surface area contributed by atoms with Gasteiger partial charge in [0.2, 0.25) is 0 Å². The SMILES string of the molecule is CCOC(=O)C1CCC(N2CCC3(CC2)C[NH+]([O-])c2ccc(F)cc23)CC1. The summed E-state index contributed by atoms with van der Waals surface area (Å²) in [6.07, 6.45) is 5.68. The number of quaternary nitrogens is 1. The lowest BCUT2D eigenvalue weighted by molar-refractivity contribution is -0.773. The predicted molar refractivity (Wildman–Crippen MR) is 100 cm³/mol. The number of fused-ring (bicyclic) bond motifs is 2. The van der Waals surface area contributed by atoms with Gasteiger partial charge in [-0.2, -0.15) is 0 Å². The molecule has 0 aromatic heterocycles. The van der Waals surface area contributed by atoms with Gasteiger partial charge in [-0.1, -0.05) is 0 Å². The van der Waals surface area contributed by atoms with Crippen molar-refractivity contribution in [1.29, 1.82) is 0 Å². The number of hydroxylamine groups is 1. The van der Waals surface area contributed by atoms with Crippen molar-refractivity contribution in [2.75, 3.05) is 26.2 Å². The molecule has 4 rings (SSSR count). The first kappa shape index (κ1) is 18.8. The Morgan fingerprint density at radius 2 is 2.00 bits per heavy atom. The molecule has 2 fully saturated rings. The molecule has 1 N–H and O–H groups in total. The Morgan fingerprint density at radius 3 is 2.67 bits per heavy atom. The van der Waals surface area contributed by atoms with Crippen LogP contribution in [0, 0.1) is 16.9 Å². The summed E-state index contributed by atoms with van der Waals surface area (Å²) in [5.41, 5.74) is 1.48. The molecule has 2 heterocycles. The molecule has 1 saturated carbocycles. The van der Waals surface area contributed by atoms with Crippen molar-refractivity contribution in [3.8, 4) is 0 Å². The molecule has 1 unspecified atom stereocenters. The van der Waals surface area contributed by atoms with Crippen molar-refractivity contribution >= 4 is 11.7 Å². The fourth-order valence-corrected chi connectivity index (χ4v) is 5.40. The molecular weight excluding hydrogens is 347 g/mol. The van der Waals surface area contributed by atoms with Crippen LogP contribution in [-0.4, -0.2) is 43.2 Å². The molecule has 1 atom stereocenters. The maximum Gasteiger partial charge on any atom is 0.308 e. The third-order valence-corrected chi connectivity index (χ3v) is 6.94. The number of halogens is 1. The van der Waals surface area contributed by atoms with Crippen molar-refractivity contribution in [1.82, 2.24) is 4.90 Å². The number of esters is 1. The third kappa shape index (κ3) is 3.50. The first-order valence-electron chi connectivity index (χ1n) is 10.3. The van der Waals surface area contributed by atoms with Crippen LogP contribution in [-0.2, 0) is 14.9 Å². The molecule has 1 aromatic rings. The number of rotatable bonds is 3. The highest BCUT2D eigenvalue weighted by Crippen LogP contribution is 2.42. The average molecular weight is 376 g/mol. The van der Waals surface area contributed by atoms with Crippen molar-refractivity contribution in [2.45, 2.75) is 56.9 Å². The van der Waals surface area contributed by atoms with Gasteiger partial charge in [-0.05, 0) is 70.7 Å². The van der Waals surface area contributed by atoms with E-state index in [0.29, 0.717) is 19.2 Å². The molecule has 0 amide bonds. The third-order valence-electron chi connectivity index (χ3n) is 6.94. The zero-order valence-electron chi connectivity index (χ0n) is 16.0. The molecule has 0 radical (unpaired) electrons. The van der Waals surface area contributed by atoms with Gasteiger partial charge < -0.3 is 19.9 Å². The van der Waals surface area contributed by atoms with E-state index in [1.807, 2.05) is 6.92 Å². The smallest absolute Gasteiger partial charge is 0.308 e. The lowest BCUT2D eigenvalue weighted by Gasteiger charge is -2.43. The van der Waals surface area contributed by atoms with E-state index >= 15 is 0 Å². The first-order chi connectivity index (χ1) is 13.0. The highest BCUT2D eigenvalue weighted by atomic mass is 19.1. The number of ether oxygens (including phenoxy) is 1. The van der Waals surface area contributed by atoms with Gasteiger partial charge in [0.1, 0.15) is 11.5 Å². The van der Waals surface area contributed by atoms with Crippen LogP contribution in [0.3, 0.4) is 0 Å². The molecule has 5 nitrogen and oxygen atoms in total. The van der Waals surface area contributed by atoms with Crippen LogP contribution >= 0.6 is 0 Å². The van der Waals surface area contributed by atoms with Crippen LogP contribution in [0.15, 0.2) is 18.2 Å². The molecule has 148 valence electrons. The molecule has 1 saturated heterocycles. The molecule has 1 spiro atoms. The number of nitrogens with zero attached hydrogens (tertiary/aromatic N) is 1. The van der Waals surface area contributed by atoms with Crippen molar-refractivity contribution in [3.63, 3.8) is 0 Å². The minimum Gasteiger partial charge on any atom is -0.629 e. The molecule has 6 heteroatoms. The lowest BCUT2D eigenvalue weighted by atomic mass is 9.73. The Balaban J connectivity index is 1.37. The maximum absolute atomic E-state index is 13.8. The quantitative estimate of drug-likeness (QED) is 0.650. The highest BCUT2D eigenvalue weighted by Gasteiger charge is 2.47. The predicted octanol–water partition coefficient (Wildman–Crippen LogP) is 2.31. The number of piperidine rings is 1. The number of hydrogen-bond donors (Lipinski definition) is 1. The fourth-order valence-electron chi connectivity index (χ4n) is 5.40. The van der Waals surface area contributed by atoms with Gasteiger partial charge in [-0.3, -0.25) is 4.79 Å². The van der Waals surface area contributed by atoms with Gasteiger partial charge in [0.25, 0.3) is 0 Å². The van der Waals surface area contributed by atoms with E-state index in [9.17, 15) is 14.4 Å².